The normalized spacial score (nSPS) is 10.6. The van der Waals surface area contributed by atoms with Crippen LogP contribution in [0, 0.1) is 11.3 Å². The lowest BCUT2D eigenvalue weighted by Crippen LogP contribution is -2.24. The van der Waals surface area contributed by atoms with E-state index < -0.39 is 15.9 Å². The SMILES string of the molecule is C=CCNS(=O)(=O)c1cccc(C(=O)Nc2ccccc2C#N)c1. The molecule has 122 valence electrons. The van der Waals surface area contributed by atoms with Crippen LogP contribution in [0.4, 0.5) is 5.69 Å². The number of hydrogen-bond acceptors (Lipinski definition) is 4. The van der Waals surface area contributed by atoms with Crippen molar-refractivity contribution >= 4 is 21.6 Å². The molecule has 0 aromatic heterocycles. The quantitative estimate of drug-likeness (QED) is 0.787. The Hall–Kier alpha value is -2.95. The third kappa shape index (κ3) is 4.07. The highest BCUT2D eigenvalue weighted by atomic mass is 32.2. The summed E-state index contributed by atoms with van der Waals surface area (Å²) in [6.45, 7) is 3.54. The van der Waals surface area contributed by atoms with E-state index >= 15 is 0 Å². The Bertz CT molecular complexity index is 915. The number of carbonyl (C=O) groups excluding carboxylic acids is 1. The highest BCUT2D eigenvalue weighted by Crippen LogP contribution is 2.17. The first kappa shape index (κ1) is 17.4. The molecular formula is C17H15N3O3S. The number of anilines is 1. The van der Waals surface area contributed by atoms with Crippen LogP contribution in [0.3, 0.4) is 0 Å². The van der Waals surface area contributed by atoms with Crippen molar-refractivity contribution in [3.8, 4) is 6.07 Å². The van der Waals surface area contributed by atoms with Crippen molar-refractivity contribution in [1.29, 1.82) is 5.26 Å². The first-order valence-corrected chi connectivity index (χ1v) is 8.47. The van der Waals surface area contributed by atoms with E-state index in [2.05, 4.69) is 16.6 Å². The number of sulfonamides is 1. The van der Waals surface area contributed by atoms with Gasteiger partial charge in [0.05, 0.1) is 16.1 Å². The first-order chi connectivity index (χ1) is 11.5. The Balaban J connectivity index is 2.27. The van der Waals surface area contributed by atoms with Crippen molar-refractivity contribution in [2.75, 3.05) is 11.9 Å². The maximum Gasteiger partial charge on any atom is 0.255 e. The molecule has 2 aromatic carbocycles. The maximum absolute atomic E-state index is 12.3. The van der Waals surface area contributed by atoms with Crippen molar-refractivity contribution in [2.24, 2.45) is 0 Å². The molecule has 0 unspecified atom stereocenters. The van der Waals surface area contributed by atoms with Crippen LogP contribution in [0.2, 0.25) is 0 Å². The number of hydrogen-bond donors (Lipinski definition) is 2. The summed E-state index contributed by atoms with van der Waals surface area (Å²) in [7, 11) is -3.72. The zero-order valence-corrected chi connectivity index (χ0v) is 13.5. The lowest BCUT2D eigenvalue weighted by Gasteiger charge is -2.09. The van der Waals surface area contributed by atoms with Crippen LogP contribution in [0.15, 0.2) is 66.1 Å². The number of para-hydroxylation sites is 1. The molecule has 0 radical (unpaired) electrons. The van der Waals surface area contributed by atoms with E-state index in [4.69, 9.17) is 5.26 Å². The van der Waals surface area contributed by atoms with Crippen LogP contribution in [0.5, 0.6) is 0 Å². The number of benzene rings is 2. The molecule has 1 amide bonds. The molecule has 2 N–H and O–H groups in total. The fourth-order valence-corrected chi connectivity index (χ4v) is 2.98. The number of carbonyl (C=O) groups is 1. The van der Waals surface area contributed by atoms with Crippen LogP contribution in [-0.2, 0) is 10.0 Å². The molecule has 24 heavy (non-hydrogen) atoms. The van der Waals surface area contributed by atoms with Gasteiger partial charge in [0.15, 0.2) is 0 Å². The van der Waals surface area contributed by atoms with Gasteiger partial charge in [0, 0.05) is 12.1 Å². The highest BCUT2D eigenvalue weighted by Gasteiger charge is 2.16. The van der Waals surface area contributed by atoms with Crippen molar-refractivity contribution < 1.29 is 13.2 Å². The smallest absolute Gasteiger partial charge is 0.255 e. The largest absolute Gasteiger partial charge is 0.321 e. The zero-order chi connectivity index (χ0) is 17.6. The number of amides is 1. The predicted molar refractivity (Wildman–Crippen MR) is 90.9 cm³/mol. The lowest BCUT2D eigenvalue weighted by molar-refractivity contribution is 0.102. The molecule has 2 aromatic rings. The minimum Gasteiger partial charge on any atom is -0.321 e. The summed E-state index contributed by atoms with van der Waals surface area (Å²) in [4.78, 5) is 12.3. The van der Waals surface area contributed by atoms with Gasteiger partial charge in [0.1, 0.15) is 6.07 Å². The second-order valence-electron chi connectivity index (χ2n) is 4.78. The van der Waals surface area contributed by atoms with Gasteiger partial charge in [-0.05, 0) is 30.3 Å². The number of nitrogens with zero attached hydrogens (tertiary/aromatic N) is 1. The average molecular weight is 341 g/mol. The summed E-state index contributed by atoms with van der Waals surface area (Å²) in [5.74, 6) is -0.501. The molecule has 0 aliphatic rings. The van der Waals surface area contributed by atoms with Crippen LogP contribution in [-0.4, -0.2) is 20.9 Å². The zero-order valence-electron chi connectivity index (χ0n) is 12.7. The number of nitriles is 1. The van der Waals surface area contributed by atoms with E-state index in [1.54, 1.807) is 24.3 Å². The van der Waals surface area contributed by atoms with Gasteiger partial charge in [-0.15, -0.1) is 6.58 Å². The molecule has 7 heteroatoms. The van der Waals surface area contributed by atoms with Crippen molar-refractivity contribution in [2.45, 2.75) is 4.90 Å². The molecule has 2 rings (SSSR count). The minimum absolute atomic E-state index is 0.0226. The van der Waals surface area contributed by atoms with Crippen LogP contribution in [0.1, 0.15) is 15.9 Å². The predicted octanol–water partition coefficient (Wildman–Crippen LogP) is 2.27. The second-order valence-corrected chi connectivity index (χ2v) is 6.55. The van der Waals surface area contributed by atoms with E-state index in [1.807, 2.05) is 6.07 Å². The Morgan fingerprint density at radius 2 is 1.96 bits per heavy atom. The van der Waals surface area contributed by atoms with Crippen LogP contribution in [0.25, 0.3) is 0 Å². The van der Waals surface area contributed by atoms with Gasteiger partial charge in [-0.2, -0.15) is 5.26 Å². The van der Waals surface area contributed by atoms with Gasteiger partial charge in [0.25, 0.3) is 5.91 Å². The van der Waals surface area contributed by atoms with Gasteiger partial charge in [0.2, 0.25) is 10.0 Å². The summed E-state index contributed by atoms with van der Waals surface area (Å²) in [5.41, 5.74) is 0.856. The summed E-state index contributed by atoms with van der Waals surface area (Å²) in [6.07, 6.45) is 1.42. The topological polar surface area (TPSA) is 99.1 Å². The Kier molecular flexibility index (Phi) is 5.47. The molecule has 0 saturated heterocycles. The Morgan fingerprint density at radius 1 is 1.21 bits per heavy atom. The summed E-state index contributed by atoms with van der Waals surface area (Å²) < 4.78 is 26.5. The van der Waals surface area contributed by atoms with Gasteiger partial charge in [-0.1, -0.05) is 24.3 Å². The highest BCUT2D eigenvalue weighted by molar-refractivity contribution is 7.89. The van der Waals surface area contributed by atoms with Crippen molar-refractivity contribution in [3.63, 3.8) is 0 Å². The van der Waals surface area contributed by atoms with Gasteiger partial charge in [-0.25, -0.2) is 13.1 Å². The Morgan fingerprint density at radius 3 is 2.67 bits per heavy atom. The number of rotatable bonds is 6. The van der Waals surface area contributed by atoms with Crippen molar-refractivity contribution in [1.82, 2.24) is 4.72 Å². The van der Waals surface area contributed by atoms with E-state index in [-0.39, 0.29) is 17.0 Å². The molecule has 0 aliphatic carbocycles. The molecule has 0 aliphatic heterocycles. The summed E-state index contributed by atoms with van der Waals surface area (Å²) in [6, 6.07) is 14.2. The first-order valence-electron chi connectivity index (χ1n) is 6.99. The van der Waals surface area contributed by atoms with Crippen LogP contribution >= 0.6 is 0 Å². The molecular weight excluding hydrogens is 326 g/mol. The van der Waals surface area contributed by atoms with Crippen molar-refractivity contribution in [3.05, 3.63) is 72.3 Å². The lowest BCUT2D eigenvalue weighted by atomic mass is 10.1. The van der Waals surface area contributed by atoms with E-state index in [0.717, 1.165) is 0 Å². The molecule has 0 spiro atoms. The maximum atomic E-state index is 12.3. The Labute approximate surface area is 140 Å². The second kappa shape index (κ2) is 7.55. The molecule has 0 atom stereocenters. The third-order valence-corrected chi connectivity index (χ3v) is 4.54. The monoisotopic (exact) mass is 341 g/mol. The molecule has 0 bridgehead atoms. The number of nitrogens with one attached hydrogen (secondary N) is 2. The summed E-state index contributed by atoms with van der Waals surface area (Å²) >= 11 is 0. The van der Waals surface area contributed by atoms with Crippen LogP contribution < -0.4 is 10.0 Å². The van der Waals surface area contributed by atoms with Gasteiger partial charge < -0.3 is 5.32 Å². The average Bonchev–Trinajstić information content (AvgIpc) is 2.60. The third-order valence-electron chi connectivity index (χ3n) is 3.12. The molecule has 0 saturated carbocycles. The fourth-order valence-electron chi connectivity index (χ4n) is 1.94. The van der Waals surface area contributed by atoms with Gasteiger partial charge >= 0.3 is 0 Å². The molecule has 0 heterocycles. The van der Waals surface area contributed by atoms with E-state index in [0.29, 0.717) is 11.3 Å². The summed E-state index contributed by atoms with van der Waals surface area (Å²) in [5, 5.41) is 11.6. The standard InChI is InChI=1S/C17H15N3O3S/c1-2-10-19-24(22,23)15-8-5-7-13(11-15)17(21)20-16-9-4-3-6-14(16)12-18/h2-9,11,19H,1,10H2,(H,20,21). The fraction of sp³-hybridized carbons (Fsp3) is 0.0588. The molecule has 6 nitrogen and oxygen atoms in total. The van der Waals surface area contributed by atoms with E-state index in [1.165, 1.54) is 30.3 Å². The minimum atomic E-state index is -3.72. The van der Waals surface area contributed by atoms with Gasteiger partial charge in [-0.3, -0.25) is 4.79 Å². The molecule has 0 fully saturated rings. The van der Waals surface area contributed by atoms with E-state index in [9.17, 15) is 13.2 Å².